The van der Waals surface area contributed by atoms with Gasteiger partial charge in [0.1, 0.15) is 0 Å². The molecule has 0 saturated heterocycles. The molecule has 0 bridgehead atoms. The molecule has 0 aliphatic heterocycles. The molecule has 1 heterocycles. The molecule has 0 aliphatic rings. The molecule has 0 atom stereocenters. The van der Waals surface area contributed by atoms with Crippen molar-refractivity contribution in [2.75, 3.05) is 0 Å². The Bertz CT molecular complexity index is 64.0. The van der Waals surface area contributed by atoms with E-state index < -0.39 is 0 Å². The average molecular weight is 192 g/mol. The van der Waals surface area contributed by atoms with Gasteiger partial charge >= 0.3 is 24.4 Å². The molecular formula is C4H8NSb. The zero-order valence-corrected chi connectivity index (χ0v) is 7.55. The van der Waals surface area contributed by atoms with Gasteiger partial charge < -0.3 is 4.98 Å². The van der Waals surface area contributed by atoms with Crippen molar-refractivity contribution in [2.45, 2.75) is 0 Å². The van der Waals surface area contributed by atoms with Gasteiger partial charge in [0.15, 0.2) is 0 Å². The Labute approximate surface area is 54.2 Å². The molecule has 1 aromatic rings. The molecule has 1 aromatic heterocycles. The first-order chi connectivity index (χ1) is 2.50. The van der Waals surface area contributed by atoms with E-state index in [1.165, 1.54) is 0 Å². The van der Waals surface area contributed by atoms with Crippen molar-refractivity contribution in [3.8, 4) is 0 Å². The third-order valence-corrected chi connectivity index (χ3v) is 0.496. The molecule has 6 heavy (non-hydrogen) atoms. The number of hydrogen-bond donors (Lipinski definition) is 1. The molecule has 0 amide bonds. The normalized spacial score (nSPS) is 6.67. The summed E-state index contributed by atoms with van der Waals surface area (Å²) in [5.74, 6) is 0. The molecule has 2 heteroatoms. The van der Waals surface area contributed by atoms with Gasteiger partial charge in [-0.3, -0.25) is 0 Å². The van der Waals surface area contributed by atoms with Crippen LogP contribution in [0.15, 0.2) is 24.5 Å². The molecule has 0 spiro atoms. The average Bonchev–Trinajstić information content (AvgIpc) is 1.76. The predicted molar refractivity (Wildman–Crippen MR) is 30.7 cm³/mol. The van der Waals surface area contributed by atoms with Gasteiger partial charge in [-0.05, 0) is 12.1 Å². The van der Waals surface area contributed by atoms with Crippen molar-refractivity contribution in [3.63, 3.8) is 0 Å². The molecule has 0 unspecified atom stereocenters. The van der Waals surface area contributed by atoms with E-state index in [9.17, 15) is 0 Å². The Morgan fingerprint density at radius 2 is 1.50 bits per heavy atom. The molecule has 0 aromatic carbocycles. The summed E-state index contributed by atoms with van der Waals surface area (Å²) in [4.78, 5) is 2.86. The fourth-order valence-corrected chi connectivity index (χ4v) is 0.278. The zero-order chi connectivity index (χ0) is 3.54. The van der Waals surface area contributed by atoms with Crippen LogP contribution >= 0.6 is 0 Å². The summed E-state index contributed by atoms with van der Waals surface area (Å²) in [6.45, 7) is 0. The quantitative estimate of drug-likeness (QED) is 0.549. The van der Waals surface area contributed by atoms with Gasteiger partial charge in [-0.2, -0.15) is 0 Å². The standard InChI is InChI=1S/C4H5N.Sb.3H/c1-2-4-5-3-1;;;;/h1-5H;;;;. The summed E-state index contributed by atoms with van der Waals surface area (Å²) in [7, 11) is 0. The van der Waals surface area contributed by atoms with Gasteiger partial charge in [0.2, 0.25) is 0 Å². The van der Waals surface area contributed by atoms with Crippen molar-refractivity contribution in [3.05, 3.63) is 24.5 Å². The Kier molecular flexibility index (Phi) is 3.35. The van der Waals surface area contributed by atoms with Crippen LogP contribution in [0.2, 0.25) is 0 Å². The second-order valence-electron chi connectivity index (χ2n) is 0.885. The minimum Gasteiger partial charge on any atom is -0.368 e. The Morgan fingerprint density at radius 3 is 1.67 bits per heavy atom. The Morgan fingerprint density at radius 1 is 1.00 bits per heavy atom. The van der Waals surface area contributed by atoms with Crippen molar-refractivity contribution < 1.29 is 0 Å². The first-order valence-electron chi connectivity index (χ1n) is 1.58. The summed E-state index contributed by atoms with van der Waals surface area (Å²) < 4.78 is 0. The van der Waals surface area contributed by atoms with Crippen LogP contribution in [0.3, 0.4) is 0 Å². The van der Waals surface area contributed by atoms with E-state index in [1.807, 2.05) is 24.5 Å². The van der Waals surface area contributed by atoms with Crippen molar-refractivity contribution in [2.24, 2.45) is 0 Å². The summed E-state index contributed by atoms with van der Waals surface area (Å²) in [6, 6.07) is 3.89. The largest absolute Gasteiger partial charge is 0.368 e. The molecule has 0 saturated carbocycles. The van der Waals surface area contributed by atoms with Gasteiger partial charge in [-0.1, -0.05) is 0 Å². The topological polar surface area (TPSA) is 15.8 Å². The van der Waals surface area contributed by atoms with Gasteiger partial charge in [0.25, 0.3) is 0 Å². The minimum absolute atomic E-state index is 0. The minimum atomic E-state index is 0. The summed E-state index contributed by atoms with van der Waals surface area (Å²) >= 11 is 0. The summed E-state index contributed by atoms with van der Waals surface area (Å²) in [5.41, 5.74) is 0. The van der Waals surface area contributed by atoms with Gasteiger partial charge in [-0.25, -0.2) is 0 Å². The second kappa shape index (κ2) is 3.29. The smallest absolute Gasteiger partial charge is 0.000496 e. The van der Waals surface area contributed by atoms with Crippen molar-refractivity contribution in [1.82, 2.24) is 4.98 Å². The fourth-order valence-electron chi connectivity index (χ4n) is 0.278. The predicted octanol–water partition coefficient (Wildman–Crippen LogP) is -0.169. The van der Waals surface area contributed by atoms with E-state index in [0.717, 1.165) is 0 Å². The maximum atomic E-state index is 2.86. The summed E-state index contributed by atoms with van der Waals surface area (Å²) in [6.07, 6.45) is 3.75. The SMILES string of the molecule is [SbH3].c1cc[nH]c1. The van der Waals surface area contributed by atoms with Gasteiger partial charge in [0.05, 0.1) is 0 Å². The van der Waals surface area contributed by atoms with E-state index in [0.29, 0.717) is 0 Å². The van der Waals surface area contributed by atoms with Gasteiger partial charge in [0, 0.05) is 12.4 Å². The van der Waals surface area contributed by atoms with Crippen LogP contribution in [0.5, 0.6) is 0 Å². The molecular weight excluding hydrogens is 184 g/mol. The molecule has 0 fully saturated rings. The number of nitrogens with one attached hydrogen (secondary N) is 1. The molecule has 1 nitrogen and oxygen atoms in total. The van der Waals surface area contributed by atoms with Crippen LogP contribution in [0.25, 0.3) is 0 Å². The second-order valence-corrected chi connectivity index (χ2v) is 0.885. The Balaban J connectivity index is 0.000000250. The van der Waals surface area contributed by atoms with E-state index in [-0.39, 0.29) is 24.4 Å². The maximum Gasteiger partial charge on any atom is 0.000496 e. The van der Waals surface area contributed by atoms with Crippen LogP contribution < -0.4 is 0 Å². The molecule has 1 rings (SSSR count). The van der Waals surface area contributed by atoms with Crippen molar-refractivity contribution >= 4 is 24.4 Å². The van der Waals surface area contributed by atoms with E-state index in [1.54, 1.807) is 0 Å². The first kappa shape index (κ1) is 6.10. The first-order valence-corrected chi connectivity index (χ1v) is 1.58. The van der Waals surface area contributed by atoms with Crippen LogP contribution in [0.4, 0.5) is 0 Å². The zero-order valence-electron chi connectivity index (χ0n) is 3.52. The van der Waals surface area contributed by atoms with Crippen LogP contribution in [-0.4, -0.2) is 29.4 Å². The molecule has 34 valence electrons. The number of rotatable bonds is 0. The number of aromatic nitrogens is 1. The van der Waals surface area contributed by atoms with E-state index in [2.05, 4.69) is 4.98 Å². The third kappa shape index (κ3) is 1.51. The summed E-state index contributed by atoms with van der Waals surface area (Å²) in [5, 5.41) is 0. The molecule has 0 aliphatic carbocycles. The molecule has 0 radical (unpaired) electrons. The van der Waals surface area contributed by atoms with Crippen LogP contribution in [0.1, 0.15) is 0 Å². The fraction of sp³-hybridized carbons (Fsp3) is 0. The monoisotopic (exact) mass is 191 g/mol. The van der Waals surface area contributed by atoms with E-state index in [4.69, 9.17) is 0 Å². The van der Waals surface area contributed by atoms with Crippen molar-refractivity contribution in [1.29, 1.82) is 0 Å². The van der Waals surface area contributed by atoms with E-state index >= 15 is 0 Å². The molecule has 1 N–H and O–H groups in total. The Hall–Kier alpha value is 0.0982. The van der Waals surface area contributed by atoms with Crippen LogP contribution in [-0.2, 0) is 0 Å². The third-order valence-electron chi connectivity index (χ3n) is 0.496. The number of hydrogen-bond acceptors (Lipinski definition) is 0. The number of aromatic amines is 1. The van der Waals surface area contributed by atoms with Gasteiger partial charge in [-0.15, -0.1) is 0 Å². The number of H-pyrrole nitrogens is 1. The maximum absolute atomic E-state index is 2.86. The van der Waals surface area contributed by atoms with Crippen LogP contribution in [0, 0.1) is 0 Å².